The Morgan fingerprint density at radius 3 is 2.56 bits per heavy atom. The lowest BCUT2D eigenvalue weighted by Gasteiger charge is -2.35. The van der Waals surface area contributed by atoms with Crippen LogP contribution in [0.5, 0.6) is 0 Å². The molecule has 0 aliphatic carbocycles. The van der Waals surface area contributed by atoms with E-state index in [2.05, 4.69) is 4.40 Å². The fourth-order valence-corrected chi connectivity index (χ4v) is 2.96. The lowest BCUT2D eigenvalue weighted by Crippen LogP contribution is -2.47. The van der Waals surface area contributed by atoms with Gasteiger partial charge < -0.3 is 10.0 Å². The molecule has 0 atom stereocenters. The molecule has 0 fully saturated rings. The van der Waals surface area contributed by atoms with Crippen molar-refractivity contribution in [1.82, 2.24) is 4.90 Å². The lowest BCUT2D eigenvalue weighted by atomic mass is 10.0. The molecule has 0 saturated carbocycles. The van der Waals surface area contributed by atoms with Gasteiger partial charge in [-0.15, -0.1) is 4.40 Å². The summed E-state index contributed by atoms with van der Waals surface area (Å²) < 4.78 is 27.6. The van der Waals surface area contributed by atoms with Gasteiger partial charge in [-0.25, -0.2) is 0 Å². The van der Waals surface area contributed by atoms with Gasteiger partial charge in [0.25, 0.3) is 10.0 Å². The zero-order valence-corrected chi connectivity index (χ0v) is 11.4. The molecule has 1 aromatic rings. The molecule has 0 unspecified atom stereocenters. The van der Waals surface area contributed by atoms with Crippen molar-refractivity contribution in [2.45, 2.75) is 24.3 Å². The molecule has 1 N–H and O–H groups in total. The van der Waals surface area contributed by atoms with Crippen LogP contribution in [0.4, 0.5) is 0 Å². The molecule has 0 aromatic heterocycles. The van der Waals surface area contributed by atoms with Gasteiger partial charge in [0.05, 0.1) is 12.1 Å². The number of amidine groups is 1. The van der Waals surface area contributed by atoms with Crippen LogP contribution in [0.3, 0.4) is 0 Å². The molecule has 0 radical (unpaired) electrons. The number of hydrogen-bond donors (Lipinski definition) is 1. The predicted octanol–water partition coefficient (Wildman–Crippen LogP) is 0.838. The number of rotatable bonds is 2. The van der Waals surface area contributed by atoms with Crippen molar-refractivity contribution < 1.29 is 13.5 Å². The number of sulfonamides is 1. The largest absolute Gasteiger partial charge is 0.394 e. The molecule has 6 heteroatoms. The van der Waals surface area contributed by atoms with E-state index in [-0.39, 0.29) is 11.5 Å². The van der Waals surface area contributed by atoms with E-state index in [9.17, 15) is 13.5 Å². The molecule has 98 valence electrons. The monoisotopic (exact) mass is 268 g/mol. The quantitative estimate of drug-likeness (QED) is 0.863. The van der Waals surface area contributed by atoms with E-state index in [0.717, 1.165) is 0 Å². The Labute approximate surface area is 107 Å². The minimum atomic E-state index is -3.60. The lowest BCUT2D eigenvalue weighted by molar-refractivity contribution is 0.131. The maximum absolute atomic E-state index is 11.9. The van der Waals surface area contributed by atoms with Gasteiger partial charge in [0.15, 0.2) is 5.84 Å². The van der Waals surface area contributed by atoms with E-state index in [0.29, 0.717) is 11.4 Å². The third-order valence-electron chi connectivity index (χ3n) is 3.23. The van der Waals surface area contributed by atoms with Crippen LogP contribution in [0.25, 0.3) is 0 Å². The normalized spacial score (nSPS) is 17.2. The van der Waals surface area contributed by atoms with Crippen LogP contribution >= 0.6 is 0 Å². The second-order valence-electron chi connectivity index (χ2n) is 4.92. The van der Waals surface area contributed by atoms with Crippen molar-refractivity contribution >= 4 is 15.9 Å². The topological polar surface area (TPSA) is 70.0 Å². The highest BCUT2D eigenvalue weighted by molar-refractivity contribution is 7.90. The average molecular weight is 268 g/mol. The van der Waals surface area contributed by atoms with Crippen LogP contribution in [0.1, 0.15) is 19.4 Å². The number of hydrogen-bond acceptors (Lipinski definition) is 4. The van der Waals surface area contributed by atoms with Crippen molar-refractivity contribution in [2.24, 2.45) is 4.40 Å². The Bertz CT molecular complexity index is 606. The van der Waals surface area contributed by atoms with Gasteiger partial charge in [-0.05, 0) is 26.0 Å². The van der Waals surface area contributed by atoms with Crippen LogP contribution in [-0.2, 0) is 10.0 Å². The van der Waals surface area contributed by atoms with E-state index < -0.39 is 15.6 Å². The summed E-state index contributed by atoms with van der Waals surface area (Å²) >= 11 is 0. The summed E-state index contributed by atoms with van der Waals surface area (Å²) in [6, 6.07) is 6.71. The number of likely N-dealkylation sites (N-methyl/N-ethyl adjacent to an activating group) is 1. The van der Waals surface area contributed by atoms with Crippen molar-refractivity contribution in [2.75, 3.05) is 13.7 Å². The van der Waals surface area contributed by atoms with Gasteiger partial charge >= 0.3 is 0 Å². The second kappa shape index (κ2) is 4.07. The van der Waals surface area contributed by atoms with Gasteiger partial charge in [-0.3, -0.25) is 0 Å². The van der Waals surface area contributed by atoms with Crippen molar-refractivity contribution in [3.05, 3.63) is 29.8 Å². The number of fused-ring (bicyclic) bond motifs is 1. The van der Waals surface area contributed by atoms with Gasteiger partial charge in [0.2, 0.25) is 0 Å². The Kier molecular flexibility index (Phi) is 2.95. The van der Waals surface area contributed by atoms with Gasteiger partial charge in [-0.2, -0.15) is 8.42 Å². The SMILES string of the molecule is CN(C1=NS(=O)(=O)c2ccccc21)C(C)(C)CO. The predicted molar refractivity (Wildman–Crippen MR) is 69.1 cm³/mol. The van der Waals surface area contributed by atoms with E-state index in [1.807, 2.05) is 13.8 Å². The molecular weight excluding hydrogens is 252 g/mol. The average Bonchev–Trinajstić information content (AvgIpc) is 2.61. The molecule has 5 nitrogen and oxygen atoms in total. The fourth-order valence-electron chi connectivity index (χ4n) is 1.72. The summed E-state index contributed by atoms with van der Waals surface area (Å²) in [5, 5.41) is 9.36. The number of benzene rings is 1. The molecule has 1 heterocycles. The van der Waals surface area contributed by atoms with E-state index in [1.54, 1.807) is 36.2 Å². The highest BCUT2D eigenvalue weighted by atomic mass is 32.2. The maximum Gasteiger partial charge on any atom is 0.285 e. The first kappa shape index (κ1) is 13.0. The van der Waals surface area contributed by atoms with Crippen LogP contribution in [0.2, 0.25) is 0 Å². The minimum absolute atomic E-state index is 0.0925. The van der Waals surface area contributed by atoms with E-state index in [4.69, 9.17) is 0 Å². The Morgan fingerprint density at radius 2 is 1.94 bits per heavy atom. The Hall–Kier alpha value is -1.40. The van der Waals surface area contributed by atoms with E-state index >= 15 is 0 Å². The zero-order valence-electron chi connectivity index (χ0n) is 10.6. The first-order chi connectivity index (χ1) is 8.29. The highest BCUT2D eigenvalue weighted by Gasteiger charge is 2.35. The molecular formula is C12H16N2O3S. The smallest absolute Gasteiger partial charge is 0.285 e. The molecule has 0 amide bonds. The first-order valence-electron chi connectivity index (χ1n) is 5.59. The van der Waals surface area contributed by atoms with E-state index in [1.165, 1.54) is 0 Å². The van der Waals surface area contributed by atoms with Crippen molar-refractivity contribution in [1.29, 1.82) is 0 Å². The van der Waals surface area contributed by atoms with Crippen molar-refractivity contribution in [3.8, 4) is 0 Å². The molecule has 0 saturated heterocycles. The standard InChI is InChI=1S/C12H16N2O3S/c1-12(2,8-15)14(3)11-9-6-4-5-7-10(9)18(16,17)13-11/h4-7,15H,8H2,1-3H3. The number of aliphatic hydroxyl groups excluding tert-OH is 1. The van der Waals surface area contributed by atoms with Crippen LogP contribution in [0.15, 0.2) is 33.6 Å². The molecule has 0 spiro atoms. The second-order valence-corrected chi connectivity index (χ2v) is 6.49. The maximum atomic E-state index is 11.9. The summed E-state index contributed by atoms with van der Waals surface area (Å²) in [7, 11) is -1.87. The molecule has 18 heavy (non-hydrogen) atoms. The number of aliphatic hydroxyl groups is 1. The molecule has 0 bridgehead atoms. The van der Waals surface area contributed by atoms with Gasteiger partial charge in [0, 0.05) is 12.6 Å². The molecule has 1 aliphatic heterocycles. The van der Waals surface area contributed by atoms with Crippen LogP contribution < -0.4 is 0 Å². The van der Waals surface area contributed by atoms with Gasteiger partial charge in [0.1, 0.15) is 4.90 Å². The van der Waals surface area contributed by atoms with Crippen LogP contribution in [-0.4, -0.2) is 43.5 Å². The number of nitrogens with zero attached hydrogens (tertiary/aromatic N) is 2. The van der Waals surface area contributed by atoms with Crippen LogP contribution in [0, 0.1) is 0 Å². The Balaban J connectivity index is 2.56. The molecule has 1 aromatic carbocycles. The summed E-state index contributed by atoms with van der Waals surface area (Å²) in [6.45, 7) is 3.55. The third kappa shape index (κ3) is 1.91. The summed E-state index contributed by atoms with van der Waals surface area (Å²) in [5.41, 5.74) is 0.00717. The van der Waals surface area contributed by atoms with Crippen molar-refractivity contribution in [3.63, 3.8) is 0 Å². The summed E-state index contributed by atoms with van der Waals surface area (Å²) in [6.07, 6.45) is 0. The minimum Gasteiger partial charge on any atom is -0.394 e. The molecule has 1 aliphatic rings. The van der Waals surface area contributed by atoms with Gasteiger partial charge in [-0.1, -0.05) is 12.1 Å². The Morgan fingerprint density at radius 1 is 1.33 bits per heavy atom. The molecule has 2 rings (SSSR count). The highest BCUT2D eigenvalue weighted by Crippen LogP contribution is 2.29. The first-order valence-corrected chi connectivity index (χ1v) is 7.03. The zero-order chi connectivity index (χ0) is 13.6. The third-order valence-corrected chi connectivity index (χ3v) is 4.55. The summed E-state index contributed by atoms with van der Waals surface area (Å²) in [5.74, 6) is 0.379. The summed E-state index contributed by atoms with van der Waals surface area (Å²) in [4.78, 5) is 1.91. The fraction of sp³-hybridized carbons (Fsp3) is 0.417.